The van der Waals surface area contributed by atoms with E-state index in [9.17, 15) is 13.2 Å². The Bertz CT molecular complexity index is 604. The van der Waals surface area contributed by atoms with E-state index in [0.29, 0.717) is 6.54 Å². The third-order valence-electron chi connectivity index (χ3n) is 3.22. The SMILES string of the molecule is CC(=O)Nc1nnc(S(=O)(=O)N2CCCCCC2CCl)s1. The highest BCUT2D eigenvalue weighted by atomic mass is 35.5. The molecule has 1 aliphatic rings. The molecule has 7 nitrogen and oxygen atoms in total. The predicted octanol–water partition coefficient (Wildman–Crippen LogP) is 1.67. The Kier molecular flexibility index (Phi) is 5.53. The number of halogens is 1. The van der Waals surface area contributed by atoms with Crippen molar-refractivity contribution in [2.45, 2.75) is 43.0 Å². The Morgan fingerprint density at radius 2 is 2.19 bits per heavy atom. The molecule has 118 valence electrons. The Balaban J connectivity index is 2.26. The van der Waals surface area contributed by atoms with Crippen LogP contribution in [0.4, 0.5) is 5.13 Å². The topological polar surface area (TPSA) is 92.3 Å². The molecule has 0 bridgehead atoms. The largest absolute Gasteiger partial charge is 0.301 e. The van der Waals surface area contributed by atoms with Gasteiger partial charge < -0.3 is 5.32 Å². The summed E-state index contributed by atoms with van der Waals surface area (Å²) in [6.07, 6.45) is 3.52. The third kappa shape index (κ3) is 3.91. The minimum absolute atomic E-state index is 0.108. The van der Waals surface area contributed by atoms with Gasteiger partial charge in [-0.2, -0.15) is 4.31 Å². The van der Waals surface area contributed by atoms with E-state index in [4.69, 9.17) is 11.6 Å². The Labute approximate surface area is 132 Å². The fourth-order valence-electron chi connectivity index (χ4n) is 2.24. The van der Waals surface area contributed by atoms with Crippen LogP contribution >= 0.6 is 22.9 Å². The molecule has 1 unspecified atom stereocenters. The van der Waals surface area contributed by atoms with E-state index in [-0.39, 0.29) is 27.3 Å². The van der Waals surface area contributed by atoms with E-state index in [1.54, 1.807) is 0 Å². The quantitative estimate of drug-likeness (QED) is 0.657. The molecule has 1 aromatic rings. The second kappa shape index (κ2) is 6.99. The first-order valence-corrected chi connectivity index (χ1v) is 9.43. The molecular formula is C11H17ClN4O3S2. The second-order valence-corrected chi connectivity index (χ2v) is 8.18. The highest BCUT2D eigenvalue weighted by molar-refractivity contribution is 7.91. The number of nitrogens with one attached hydrogen (secondary N) is 1. The normalized spacial score (nSPS) is 21.0. The van der Waals surface area contributed by atoms with Gasteiger partial charge in [0.25, 0.3) is 10.0 Å². The molecule has 2 rings (SSSR count). The standard InChI is InChI=1S/C11H17ClN4O3S2/c1-8(17)13-10-14-15-11(20-10)21(18,19)16-6-4-2-3-5-9(16)7-12/h9H,2-7H2,1H3,(H,13,14,17). The van der Waals surface area contributed by atoms with Gasteiger partial charge >= 0.3 is 0 Å². The van der Waals surface area contributed by atoms with Crippen LogP contribution in [0.5, 0.6) is 0 Å². The number of anilines is 1. The Morgan fingerprint density at radius 1 is 1.43 bits per heavy atom. The van der Waals surface area contributed by atoms with Gasteiger partial charge in [-0.15, -0.1) is 21.8 Å². The van der Waals surface area contributed by atoms with E-state index in [2.05, 4.69) is 15.5 Å². The summed E-state index contributed by atoms with van der Waals surface area (Å²) in [5, 5.41) is 10.00. The molecule has 0 aliphatic carbocycles. The van der Waals surface area contributed by atoms with Crippen LogP contribution in [0.3, 0.4) is 0 Å². The summed E-state index contributed by atoms with van der Waals surface area (Å²) in [6, 6.07) is -0.215. The van der Waals surface area contributed by atoms with E-state index in [0.717, 1.165) is 37.0 Å². The number of alkyl halides is 1. The molecule has 21 heavy (non-hydrogen) atoms. The van der Waals surface area contributed by atoms with Gasteiger partial charge in [-0.1, -0.05) is 24.2 Å². The van der Waals surface area contributed by atoms with Crippen molar-refractivity contribution in [2.24, 2.45) is 0 Å². The number of aromatic nitrogens is 2. The maximum absolute atomic E-state index is 12.7. The minimum Gasteiger partial charge on any atom is -0.301 e. The Morgan fingerprint density at radius 3 is 2.86 bits per heavy atom. The lowest BCUT2D eigenvalue weighted by Crippen LogP contribution is -2.41. The van der Waals surface area contributed by atoms with Crippen LogP contribution in [0.25, 0.3) is 0 Å². The van der Waals surface area contributed by atoms with Gasteiger partial charge in [0.15, 0.2) is 0 Å². The summed E-state index contributed by atoms with van der Waals surface area (Å²) in [4.78, 5) is 11.0. The number of nitrogens with zero attached hydrogens (tertiary/aromatic N) is 3. The monoisotopic (exact) mass is 352 g/mol. The summed E-state index contributed by atoms with van der Waals surface area (Å²) in [7, 11) is -3.72. The molecule has 1 aromatic heterocycles. The lowest BCUT2D eigenvalue weighted by atomic mass is 10.1. The van der Waals surface area contributed by atoms with Gasteiger partial charge in [-0.25, -0.2) is 8.42 Å². The maximum atomic E-state index is 12.7. The summed E-state index contributed by atoms with van der Waals surface area (Å²) in [5.41, 5.74) is 0. The number of sulfonamides is 1. The molecule has 2 heterocycles. The molecule has 0 radical (unpaired) electrons. The predicted molar refractivity (Wildman–Crippen MR) is 81.1 cm³/mol. The van der Waals surface area contributed by atoms with Gasteiger partial charge in [0.2, 0.25) is 15.4 Å². The van der Waals surface area contributed by atoms with Crippen LogP contribution < -0.4 is 5.32 Å². The molecule has 1 atom stereocenters. The van der Waals surface area contributed by atoms with Crippen molar-refractivity contribution in [2.75, 3.05) is 17.7 Å². The average molecular weight is 353 g/mol. The van der Waals surface area contributed by atoms with Crippen LogP contribution in [0.1, 0.15) is 32.6 Å². The van der Waals surface area contributed by atoms with Crippen LogP contribution in [-0.4, -0.2) is 47.3 Å². The third-order valence-corrected chi connectivity index (χ3v) is 6.71. The zero-order chi connectivity index (χ0) is 15.5. The van der Waals surface area contributed by atoms with Crippen molar-refractivity contribution in [1.29, 1.82) is 0 Å². The number of hydrogen-bond acceptors (Lipinski definition) is 6. The maximum Gasteiger partial charge on any atom is 0.272 e. The molecule has 0 spiro atoms. The number of amides is 1. The second-order valence-electron chi connectivity index (χ2n) is 4.83. The first-order valence-electron chi connectivity index (χ1n) is 6.64. The Hall–Kier alpha value is -0.770. The molecular weight excluding hydrogens is 336 g/mol. The number of carbonyl (C=O) groups is 1. The van der Waals surface area contributed by atoms with Crippen LogP contribution in [0.2, 0.25) is 0 Å². The molecule has 0 saturated carbocycles. The smallest absolute Gasteiger partial charge is 0.272 e. The minimum atomic E-state index is -3.72. The summed E-state index contributed by atoms with van der Waals surface area (Å²) < 4.78 is 26.7. The summed E-state index contributed by atoms with van der Waals surface area (Å²) >= 11 is 6.77. The van der Waals surface area contributed by atoms with E-state index in [1.165, 1.54) is 11.2 Å². The molecule has 1 aliphatic heterocycles. The van der Waals surface area contributed by atoms with Gasteiger partial charge in [0.05, 0.1) is 0 Å². The lowest BCUT2D eigenvalue weighted by molar-refractivity contribution is -0.114. The lowest BCUT2D eigenvalue weighted by Gasteiger charge is -2.26. The molecule has 1 N–H and O–H groups in total. The number of hydrogen-bond donors (Lipinski definition) is 1. The molecule has 10 heteroatoms. The van der Waals surface area contributed by atoms with Crippen molar-refractivity contribution in [3.63, 3.8) is 0 Å². The average Bonchev–Trinajstić information content (AvgIpc) is 2.74. The van der Waals surface area contributed by atoms with Crippen LogP contribution in [0.15, 0.2) is 4.34 Å². The van der Waals surface area contributed by atoms with Crippen LogP contribution in [0, 0.1) is 0 Å². The van der Waals surface area contributed by atoms with Crippen molar-refractivity contribution < 1.29 is 13.2 Å². The fourth-order valence-corrected chi connectivity index (χ4v) is 5.39. The number of carbonyl (C=O) groups excluding carboxylic acids is 1. The highest BCUT2D eigenvalue weighted by Gasteiger charge is 2.34. The summed E-state index contributed by atoms with van der Waals surface area (Å²) in [5.74, 6) is -0.0557. The van der Waals surface area contributed by atoms with Gasteiger partial charge in [0, 0.05) is 25.4 Å². The highest BCUT2D eigenvalue weighted by Crippen LogP contribution is 2.28. The molecule has 1 saturated heterocycles. The van der Waals surface area contributed by atoms with Crippen molar-refractivity contribution in [3.8, 4) is 0 Å². The summed E-state index contributed by atoms with van der Waals surface area (Å²) in [6.45, 7) is 1.77. The zero-order valence-electron chi connectivity index (χ0n) is 11.6. The van der Waals surface area contributed by atoms with Gasteiger partial charge in [-0.05, 0) is 12.8 Å². The fraction of sp³-hybridized carbons (Fsp3) is 0.727. The molecule has 0 aromatic carbocycles. The molecule has 1 fully saturated rings. The molecule has 1 amide bonds. The first-order chi connectivity index (χ1) is 9.95. The van der Waals surface area contributed by atoms with Crippen molar-refractivity contribution in [3.05, 3.63) is 0 Å². The van der Waals surface area contributed by atoms with Gasteiger partial charge in [-0.3, -0.25) is 4.79 Å². The number of rotatable bonds is 4. The van der Waals surface area contributed by atoms with E-state index >= 15 is 0 Å². The van der Waals surface area contributed by atoms with E-state index in [1.807, 2.05) is 0 Å². The zero-order valence-corrected chi connectivity index (χ0v) is 14.0. The van der Waals surface area contributed by atoms with Gasteiger partial charge in [0.1, 0.15) is 0 Å². The first kappa shape index (κ1) is 16.6. The van der Waals surface area contributed by atoms with E-state index < -0.39 is 10.0 Å². The van der Waals surface area contributed by atoms with Crippen molar-refractivity contribution >= 4 is 44.0 Å². The van der Waals surface area contributed by atoms with Crippen LogP contribution in [-0.2, 0) is 14.8 Å². The van der Waals surface area contributed by atoms with Crippen molar-refractivity contribution in [1.82, 2.24) is 14.5 Å².